The normalized spacial score (nSPS) is 19.3. The predicted molar refractivity (Wildman–Crippen MR) is 78.4 cm³/mol. The first kappa shape index (κ1) is 15.8. The Hall–Kier alpha value is -1.57. The van der Waals surface area contributed by atoms with Crippen molar-refractivity contribution in [2.45, 2.75) is 43.8 Å². The largest absolute Gasteiger partial charge is 0.481 e. The zero-order valence-electron chi connectivity index (χ0n) is 12.4. The standard InChI is InChI=1S/C13H20N4O3S/c1-8(2)12-14-15-13(21-7-11(19)20)17(12)9-4-5-10(18)16(3)6-9/h8-9H,4-7H2,1-3H3,(H,19,20). The Kier molecular flexibility index (Phi) is 4.87. The lowest BCUT2D eigenvalue weighted by Gasteiger charge is -2.32. The number of hydrogen-bond donors (Lipinski definition) is 1. The highest BCUT2D eigenvalue weighted by atomic mass is 32.2. The van der Waals surface area contributed by atoms with Gasteiger partial charge in [0, 0.05) is 25.9 Å². The SMILES string of the molecule is CC(C)c1nnc(SCC(=O)O)n1C1CCC(=O)N(C)C1. The minimum atomic E-state index is -0.878. The van der Waals surface area contributed by atoms with Crippen LogP contribution in [-0.4, -0.2) is 56.0 Å². The highest BCUT2D eigenvalue weighted by Crippen LogP contribution is 2.30. The number of carbonyl (C=O) groups excluding carboxylic acids is 1. The van der Waals surface area contributed by atoms with Crippen LogP contribution in [0.5, 0.6) is 0 Å². The molecule has 8 heteroatoms. The van der Waals surface area contributed by atoms with Gasteiger partial charge in [-0.2, -0.15) is 0 Å². The van der Waals surface area contributed by atoms with Gasteiger partial charge in [0.15, 0.2) is 5.16 Å². The maximum atomic E-state index is 11.6. The van der Waals surface area contributed by atoms with Gasteiger partial charge in [-0.1, -0.05) is 25.6 Å². The number of carboxylic acids is 1. The molecule has 0 radical (unpaired) electrons. The predicted octanol–water partition coefficient (Wildman–Crippen LogP) is 1.37. The first-order valence-electron chi connectivity index (χ1n) is 6.93. The molecule has 1 unspecified atom stereocenters. The summed E-state index contributed by atoms with van der Waals surface area (Å²) in [5.41, 5.74) is 0. The quantitative estimate of drug-likeness (QED) is 0.826. The fraction of sp³-hybridized carbons (Fsp3) is 0.692. The van der Waals surface area contributed by atoms with E-state index >= 15 is 0 Å². The molecule has 1 aliphatic heterocycles. The van der Waals surface area contributed by atoms with Gasteiger partial charge < -0.3 is 14.6 Å². The van der Waals surface area contributed by atoms with Crippen LogP contribution in [0.2, 0.25) is 0 Å². The van der Waals surface area contributed by atoms with Crippen molar-refractivity contribution in [2.24, 2.45) is 0 Å². The number of carbonyl (C=O) groups is 2. The van der Waals surface area contributed by atoms with Crippen molar-refractivity contribution < 1.29 is 14.7 Å². The van der Waals surface area contributed by atoms with Crippen molar-refractivity contribution in [3.8, 4) is 0 Å². The number of amides is 1. The van der Waals surface area contributed by atoms with Gasteiger partial charge in [0.1, 0.15) is 5.82 Å². The second-order valence-corrected chi connectivity index (χ2v) is 6.46. The third kappa shape index (κ3) is 3.55. The third-order valence-corrected chi connectivity index (χ3v) is 4.43. The summed E-state index contributed by atoms with van der Waals surface area (Å²) in [6.45, 7) is 4.67. The zero-order valence-corrected chi connectivity index (χ0v) is 13.3. The van der Waals surface area contributed by atoms with Gasteiger partial charge in [0.25, 0.3) is 0 Å². The highest BCUT2D eigenvalue weighted by molar-refractivity contribution is 7.99. The minimum Gasteiger partial charge on any atom is -0.481 e. The minimum absolute atomic E-state index is 0.0439. The number of piperidine rings is 1. The molecule has 0 spiro atoms. The van der Waals surface area contributed by atoms with Crippen LogP contribution in [0.4, 0.5) is 0 Å². The molecule has 21 heavy (non-hydrogen) atoms. The fourth-order valence-corrected chi connectivity index (χ4v) is 3.18. The molecule has 1 fully saturated rings. The Morgan fingerprint density at radius 3 is 2.76 bits per heavy atom. The van der Waals surface area contributed by atoms with Crippen molar-refractivity contribution in [1.82, 2.24) is 19.7 Å². The van der Waals surface area contributed by atoms with Gasteiger partial charge in [-0.05, 0) is 6.42 Å². The molecule has 1 aliphatic rings. The number of aliphatic carboxylic acids is 1. The summed E-state index contributed by atoms with van der Waals surface area (Å²) < 4.78 is 2.02. The van der Waals surface area contributed by atoms with Crippen molar-refractivity contribution in [2.75, 3.05) is 19.3 Å². The molecule has 1 N–H and O–H groups in total. The molecule has 0 aliphatic carbocycles. The summed E-state index contributed by atoms with van der Waals surface area (Å²) in [7, 11) is 1.79. The van der Waals surface area contributed by atoms with Crippen molar-refractivity contribution in [3.05, 3.63) is 5.82 Å². The molecular formula is C13H20N4O3S. The molecule has 1 amide bonds. The number of hydrogen-bond acceptors (Lipinski definition) is 5. The van der Waals surface area contributed by atoms with E-state index in [-0.39, 0.29) is 23.6 Å². The maximum absolute atomic E-state index is 11.6. The van der Waals surface area contributed by atoms with E-state index in [2.05, 4.69) is 10.2 Å². The number of likely N-dealkylation sites (tertiary alicyclic amines) is 1. The van der Waals surface area contributed by atoms with Crippen molar-refractivity contribution >= 4 is 23.6 Å². The number of aromatic nitrogens is 3. The molecule has 1 saturated heterocycles. The van der Waals surface area contributed by atoms with Crippen LogP contribution in [0.3, 0.4) is 0 Å². The molecule has 0 aromatic carbocycles. The summed E-state index contributed by atoms with van der Waals surface area (Å²) in [5.74, 6) is 0.259. The number of nitrogens with zero attached hydrogens (tertiary/aromatic N) is 4. The summed E-state index contributed by atoms with van der Waals surface area (Å²) >= 11 is 1.18. The topological polar surface area (TPSA) is 88.3 Å². The summed E-state index contributed by atoms with van der Waals surface area (Å²) in [5, 5.41) is 17.8. The van der Waals surface area contributed by atoms with Gasteiger partial charge in [0.2, 0.25) is 5.91 Å². The fourth-order valence-electron chi connectivity index (χ4n) is 2.45. The van der Waals surface area contributed by atoms with E-state index in [9.17, 15) is 9.59 Å². The van der Waals surface area contributed by atoms with E-state index in [1.807, 2.05) is 18.4 Å². The molecule has 116 valence electrons. The zero-order chi connectivity index (χ0) is 15.6. The Morgan fingerprint density at radius 1 is 1.48 bits per heavy atom. The lowest BCUT2D eigenvalue weighted by Crippen LogP contribution is -2.38. The van der Waals surface area contributed by atoms with Crippen molar-refractivity contribution in [1.29, 1.82) is 0 Å². The first-order chi connectivity index (χ1) is 9.90. The van der Waals surface area contributed by atoms with Gasteiger partial charge in [-0.15, -0.1) is 10.2 Å². The monoisotopic (exact) mass is 312 g/mol. The van der Waals surface area contributed by atoms with E-state index in [0.717, 1.165) is 12.2 Å². The van der Waals surface area contributed by atoms with E-state index in [4.69, 9.17) is 5.11 Å². The van der Waals surface area contributed by atoms with Gasteiger partial charge in [-0.25, -0.2) is 0 Å². The lowest BCUT2D eigenvalue weighted by molar-refractivity contribution is -0.134. The van der Waals surface area contributed by atoms with Crippen LogP contribution >= 0.6 is 11.8 Å². The van der Waals surface area contributed by atoms with Crippen molar-refractivity contribution in [3.63, 3.8) is 0 Å². The van der Waals surface area contributed by atoms with E-state index in [0.29, 0.717) is 18.1 Å². The Bertz CT molecular complexity index is 544. The van der Waals surface area contributed by atoms with Gasteiger partial charge in [0.05, 0.1) is 11.8 Å². The lowest BCUT2D eigenvalue weighted by atomic mass is 10.0. The second kappa shape index (κ2) is 6.46. The second-order valence-electron chi connectivity index (χ2n) is 5.51. The Balaban J connectivity index is 2.28. The Morgan fingerprint density at radius 2 is 2.19 bits per heavy atom. The smallest absolute Gasteiger partial charge is 0.313 e. The summed E-state index contributed by atoms with van der Waals surface area (Å²) in [6, 6.07) is 0.108. The van der Waals surface area contributed by atoms with E-state index in [1.165, 1.54) is 11.8 Å². The highest BCUT2D eigenvalue weighted by Gasteiger charge is 2.29. The van der Waals surface area contributed by atoms with Gasteiger partial charge >= 0.3 is 5.97 Å². The van der Waals surface area contributed by atoms with E-state index in [1.54, 1.807) is 11.9 Å². The average molecular weight is 312 g/mol. The molecule has 2 rings (SSSR count). The first-order valence-corrected chi connectivity index (χ1v) is 7.92. The Labute approximate surface area is 127 Å². The van der Waals surface area contributed by atoms with Crippen LogP contribution in [-0.2, 0) is 9.59 Å². The number of rotatable bonds is 5. The van der Waals surface area contributed by atoms with Gasteiger partial charge in [-0.3, -0.25) is 9.59 Å². The average Bonchev–Trinajstić information content (AvgIpc) is 2.83. The van der Waals surface area contributed by atoms with Crippen LogP contribution in [0.15, 0.2) is 5.16 Å². The molecule has 1 aromatic rings. The maximum Gasteiger partial charge on any atom is 0.313 e. The summed E-state index contributed by atoms with van der Waals surface area (Å²) in [4.78, 5) is 24.1. The van der Waals surface area contributed by atoms with E-state index < -0.39 is 5.97 Å². The molecule has 1 aromatic heterocycles. The third-order valence-electron chi connectivity index (χ3n) is 3.50. The van der Waals surface area contributed by atoms with Crippen LogP contribution in [0.1, 0.15) is 44.5 Å². The number of thioether (sulfide) groups is 1. The number of carboxylic acid groups (broad SMARTS) is 1. The summed E-state index contributed by atoms with van der Waals surface area (Å²) in [6.07, 6.45) is 1.24. The molecule has 2 heterocycles. The van der Waals surface area contributed by atoms with Crippen LogP contribution < -0.4 is 0 Å². The molecule has 0 bridgehead atoms. The molecular weight excluding hydrogens is 292 g/mol. The molecule has 0 saturated carbocycles. The molecule has 1 atom stereocenters. The number of likely N-dealkylation sites (N-methyl/N-ethyl adjacent to an activating group) is 1. The molecule has 7 nitrogen and oxygen atoms in total. The van der Waals surface area contributed by atoms with Crippen LogP contribution in [0, 0.1) is 0 Å². The van der Waals surface area contributed by atoms with Crippen LogP contribution in [0.25, 0.3) is 0 Å².